The number of hydrogen-bond acceptors (Lipinski definition) is 18. The number of rotatable bonds is 10. The van der Waals surface area contributed by atoms with Crippen LogP contribution in [0, 0.1) is 0 Å². The van der Waals surface area contributed by atoms with Crippen LogP contribution in [0.5, 0.6) is 34.5 Å². The highest BCUT2D eigenvalue weighted by molar-refractivity contribution is 6.17. The van der Waals surface area contributed by atoms with Crippen LogP contribution in [-0.4, -0.2) is 71.7 Å². The van der Waals surface area contributed by atoms with Crippen LogP contribution < -0.4 is 61.6 Å². The predicted octanol–water partition coefficient (Wildman–Crippen LogP) is 2.20. The maximum Gasteiger partial charge on any atom is 0.271 e. The van der Waals surface area contributed by atoms with Crippen LogP contribution in [0.4, 0.5) is 17.1 Å². The molecule has 3 aliphatic heterocycles. The zero-order valence-corrected chi connectivity index (χ0v) is 40.1. The summed E-state index contributed by atoms with van der Waals surface area (Å²) in [6.45, 7) is 1.15. The molecule has 0 saturated carbocycles. The summed E-state index contributed by atoms with van der Waals surface area (Å²) in [7, 11) is 4.02. The first-order valence-corrected chi connectivity index (χ1v) is 23.3. The number of nitrogen functional groups attached to an aromatic ring is 3. The van der Waals surface area contributed by atoms with E-state index in [4.69, 9.17) is 45.6 Å². The molecule has 6 atom stereocenters. The van der Waals surface area contributed by atoms with Crippen LogP contribution >= 0.6 is 0 Å². The molecule has 6 aromatic carbocycles. The summed E-state index contributed by atoms with van der Waals surface area (Å²) >= 11 is 0. The Kier molecular flexibility index (Phi) is 9.49. The van der Waals surface area contributed by atoms with Gasteiger partial charge in [-0.15, -0.1) is 0 Å². The van der Waals surface area contributed by atoms with Crippen molar-refractivity contribution < 1.29 is 72.5 Å². The Labute approximate surface area is 424 Å². The lowest BCUT2D eigenvalue weighted by Gasteiger charge is -2.34. The fourth-order valence-corrected chi connectivity index (χ4v) is 12.2. The summed E-state index contributed by atoms with van der Waals surface area (Å²) in [5, 5.41) is 46.3. The number of Topliss-reactive ketones (excluding diaryl/α,β-unsaturated/α-hetero) is 3. The number of carbonyl (C=O) groups excluding carboxylic acids is 6. The second kappa shape index (κ2) is 15.2. The first-order valence-electron chi connectivity index (χ1n) is 23.3. The van der Waals surface area contributed by atoms with Gasteiger partial charge in [0.1, 0.15) is 34.5 Å². The number of ketones is 3. The number of aliphatic hydroxyl groups is 3. The minimum Gasteiger partial charge on any atom is -0.497 e. The van der Waals surface area contributed by atoms with Gasteiger partial charge in [0.15, 0.2) is 0 Å². The number of anilines is 3. The highest BCUT2D eigenvalue weighted by atomic mass is 16.6. The normalized spacial score (nSPS) is 26.1. The van der Waals surface area contributed by atoms with E-state index < -0.39 is 81.9 Å². The topological polar surface area (TPSA) is 333 Å². The molecule has 3 heterocycles. The van der Waals surface area contributed by atoms with E-state index in [1.165, 1.54) is 118 Å². The molecule has 6 aliphatic rings. The molecule has 0 spiro atoms. The molecule has 0 aromatic heterocycles. The molecule has 6 aromatic rings. The van der Waals surface area contributed by atoms with Crippen LogP contribution in [-0.2, 0) is 61.2 Å². The van der Waals surface area contributed by atoms with Crippen LogP contribution in [0.25, 0.3) is 0 Å². The lowest BCUT2D eigenvalue weighted by molar-refractivity contribution is -0.176. The minimum absolute atomic E-state index is 0.00623. The lowest BCUT2D eigenvalue weighted by atomic mass is 9.81. The van der Waals surface area contributed by atoms with Gasteiger partial charge < -0.3 is 76.9 Å². The van der Waals surface area contributed by atoms with Crippen LogP contribution in [0.15, 0.2) is 97.1 Å². The van der Waals surface area contributed by atoms with Gasteiger partial charge >= 0.3 is 0 Å². The van der Waals surface area contributed by atoms with Crippen molar-refractivity contribution in [3.05, 3.63) is 158 Å². The third kappa shape index (κ3) is 5.44. The molecule has 12 rings (SSSR count). The van der Waals surface area contributed by atoms with Crippen molar-refractivity contribution in [3.8, 4) is 34.5 Å². The lowest BCUT2D eigenvalue weighted by Crippen LogP contribution is -2.60. The van der Waals surface area contributed by atoms with E-state index in [-0.39, 0.29) is 107 Å². The molecular weight excluding hydrogens is 973 g/mol. The second-order valence-corrected chi connectivity index (χ2v) is 19.0. The van der Waals surface area contributed by atoms with Crippen LogP contribution in [0.3, 0.4) is 0 Å². The van der Waals surface area contributed by atoms with E-state index in [0.717, 1.165) is 6.92 Å². The monoisotopic (exact) mass is 1020 g/mol. The van der Waals surface area contributed by atoms with E-state index in [1.54, 1.807) is 0 Å². The van der Waals surface area contributed by atoms with Gasteiger partial charge in [0.2, 0.25) is 51.7 Å². The first-order chi connectivity index (χ1) is 35.7. The van der Waals surface area contributed by atoms with Crippen LogP contribution in [0.1, 0.15) is 82.5 Å². The Hall–Kier alpha value is -9.18. The number of nitrogens with two attached hydrogens (primary N) is 3. The van der Waals surface area contributed by atoms with Crippen molar-refractivity contribution in [1.29, 1.82) is 0 Å². The Morgan fingerprint density at radius 3 is 1.29 bits per heavy atom. The first kappa shape index (κ1) is 46.9. The molecular formula is C54H44N6O15. The zero-order chi connectivity index (χ0) is 53.1. The smallest absolute Gasteiger partial charge is 0.271 e. The average molecular weight is 1020 g/mol. The third-order valence-corrected chi connectivity index (χ3v) is 15.3. The standard InChI is InChI=1S/C54H44N6O15/c1-23(61)58-50-31-16-18-36(71-3)25(44(31)74-53(50,68)29-9-6-12-34(56)42(29)47(50)65)22-40(63)60-51-32-17-19-37(72-4)26(45(32)75-54(51,69)30-10-7-13-35(57)43(30)48(51)66)21-39(62)59-49-27-15-14-24(70-2)20-38(27)73-52(49,67)28-8-5-11-33(55)41(28)46(49)64/h5-20,67-69H,21-22,55-57H2,1-4H3,(H,58,61)(H,59,62)(H,60,63)/t49?,50-,51?,52?,53-,54+/m0/s1. The van der Waals surface area contributed by atoms with Gasteiger partial charge in [-0.05, 0) is 54.6 Å². The second-order valence-electron chi connectivity index (χ2n) is 19.0. The highest BCUT2D eigenvalue weighted by Crippen LogP contribution is 2.64. The number of carbonyl (C=O) groups is 6. The van der Waals surface area contributed by atoms with Gasteiger partial charge in [-0.25, -0.2) is 0 Å². The minimum atomic E-state index is -2.78. The average Bonchev–Trinajstić information content (AvgIpc) is 4.05. The van der Waals surface area contributed by atoms with Gasteiger partial charge in [-0.2, -0.15) is 0 Å². The molecule has 3 aliphatic carbocycles. The van der Waals surface area contributed by atoms with E-state index in [0.29, 0.717) is 5.75 Å². The molecule has 0 saturated heterocycles. The summed E-state index contributed by atoms with van der Waals surface area (Å²) in [5.74, 6) is -13.1. The van der Waals surface area contributed by atoms with Crippen molar-refractivity contribution in [2.24, 2.45) is 0 Å². The quantitative estimate of drug-likeness (QED) is 0.0888. The van der Waals surface area contributed by atoms with Crippen molar-refractivity contribution in [1.82, 2.24) is 16.0 Å². The molecule has 380 valence electrons. The number of methoxy groups -OCH3 is 3. The predicted molar refractivity (Wildman–Crippen MR) is 261 cm³/mol. The highest BCUT2D eigenvalue weighted by Gasteiger charge is 2.75. The van der Waals surface area contributed by atoms with Crippen molar-refractivity contribution >= 4 is 52.1 Å². The summed E-state index contributed by atoms with van der Waals surface area (Å²) < 4.78 is 35.8. The number of fused-ring (bicyclic) bond motifs is 15. The van der Waals surface area contributed by atoms with E-state index >= 15 is 9.59 Å². The molecule has 75 heavy (non-hydrogen) atoms. The molecule has 12 N–H and O–H groups in total. The molecule has 21 heteroatoms. The van der Waals surface area contributed by atoms with Gasteiger partial charge in [-0.3, -0.25) is 28.8 Å². The zero-order valence-electron chi connectivity index (χ0n) is 40.1. The maximum absolute atomic E-state index is 15.3. The molecule has 3 amide bonds. The summed E-state index contributed by atoms with van der Waals surface area (Å²) in [6, 6.07) is 23.1. The number of benzene rings is 6. The van der Waals surface area contributed by atoms with Crippen molar-refractivity contribution in [2.45, 2.75) is 53.7 Å². The maximum atomic E-state index is 15.3. The van der Waals surface area contributed by atoms with Gasteiger partial charge in [0, 0.05) is 74.6 Å². The molecule has 0 fully saturated rings. The van der Waals surface area contributed by atoms with Crippen molar-refractivity contribution in [3.63, 3.8) is 0 Å². The molecule has 0 bridgehead atoms. The van der Waals surface area contributed by atoms with Crippen molar-refractivity contribution in [2.75, 3.05) is 38.5 Å². The fourth-order valence-electron chi connectivity index (χ4n) is 12.2. The number of hydrogen-bond donors (Lipinski definition) is 9. The SMILES string of the molecule is COc1ccc2c(c1)OC1(O)c3cccc(N)c3C(=O)C21NC(=O)Cc1c(OC)ccc2c1O[C@]1(O)c3cccc(N)c3C(=O)C21NC(=O)Cc1c(OC)ccc2c1O[C@@]1(O)c3cccc(N)c3C(=O)[C@@]21NC(C)=O. The number of ether oxygens (including phenoxy) is 6. The van der Waals surface area contributed by atoms with E-state index in [9.17, 15) is 34.5 Å². The fraction of sp³-hybridized carbons (Fsp3) is 0.222. The third-order valence-electron chi connectivity index (χ3n) is 15.3. The summed E-state index contributed by atoms with van der Waals surface area (Å²) in [4.78, 5) is 87.4. The van der Waals surface area contributed by atoms with E-state index in [2.05, 4.69) is 16.0 Å². The van der Waals surface area contributed by atoms with Crippen LogP contribution in [0.2, 0.25) is 0 Å². The van der Waals surface area contributed by atoms with Gasteiger partial charge in [-0.1, -0.05) is 36.4 Å². The number of nitrogens with one attached hydrogen (secondary N) is 3. The summed E-state index contributed by atoms with van der Waals surface area (Å²) in [6.07, 6.45) is -1.43. The number of amides is 3. The molecule has 0 radical (unpaired) electrons. The Morgan fingerprint density at radius 2 is 0.893 bits per heavy atom. The van der Waals surface area contributed by atoms with E-state index in [1.807, 2.05) is 0 Å². The van der Waals surface area contributed by atoms with Gasteiger partial charge in [0.25, 0.3) is 17.4 Å². The summed E-state index contributed by atoms with van der Waals surface area (Å²) in [5.41, 5.74) is 11.0. The molecule has 3 unspecified atom stereocenters. The van der Waals surface area contributed by atoms with Gasteiger partial charge in [0.05, 0.1) is 50.9 Å². The Morgan fingerprint density at radius 1 is 0.507 bits per heavy atom. The Balaban J connectivity index is 0.955. The largest absolute Gasteiger partial charge is 0.497 e. The molecule has 21 nitrogen and oxygen atoms in total. The Bertz CT molecular complexity index is 3700.